The van der Waals surface area contributed by atoms with Crippen LogP contribution in [0.4, 0.5) is 10.1 Å². The van der Waals surface area contributed by atoms with Crippen LogP contribution in [0.2, 0.25) is 0 Å². The first kappa shape index (κ1) is 15.6. The van der Waals surface area contributed by atoms with Gasteiger partial charge in [-0.2, -0.15) is 5.10 Å². The van der Waals surface area contributed by atoms with Gasteiger partial charge in [-0.15, -0.1) is 0 Å². The Labute approximate surface area is 135 Å². The maximum Gasteiger partial charge on any atom is 0.338 e. The van der Waals surface area contributed by atoms with E-state index in [-0.39, 0.29) is 12.1 Å². The molecule has 0 aliphatic heterocycles. The molecule has 2 aromatic rings. The summed E-state index contributed by atoms with van der Waals surface area (Å²) in [5.41, 5.74) is 0.374. The standard InChI is InChI=1S/C12H8Br2FN3O3/c13-8-1-7(15)2-9(14)11(8)17-10(19)5-18-4-6(3-16-18)12(20)21/h1-4H,5H2,(H,17,19)(H,20,21). The lowest BCUT2D eigenvalue weighted by molar-refractivity contribution is -0.116. The van der Waals surface area contributed by atoms with Crippen LogP contribution >= 0.6 is 31.9 Å². The number of anilines is 1. The molecule has 0 fully saturated rings. The number of rotatable bonds is 4. The van der Waals surface area contributed by atoms with Crippen LogP contribution in [0.15, 0.2) is 33.5 Å². The van der Waals surface area contributed by atoms with Gasteiger partial charge in [-0.1, -0.05) is 0 Å². The molecule has 2 rings (SSSR count). The van der Waals surface area contributed by atoms with Crippen LogP contribution in [-0.4, -0.2) is 26.8 Å². The summed E-state index contributed by atoms with van der Waals surface area (Å²) in [5, 5.41) is 15.1. The quantitative estimate of drug-likeness (QED) is 0.796. The number of nitrogens with zero attached hydrogens (tertiary/aromatic N) is 2. The molecule has 0 atom stereocenters. The molecule has 0 aliphatic rings. The van der Waals surface area contributed by atoms with Crippen molar-refractivity contribution in [3.8, 4) is 0 Å². The maximum absolute atomic E-state index is 13.1. The first-order chi connectivity index (χ1) is 9.86. The second-order valence-corrected chi connectivity index (χ2v) is 5.73. The van der Waals surface area contributed by atoms with Crippen molar-refractivity contribution in [2.45, 2.75) is 6.54 Å². The number of hydrogen-bond acceptors (Lipinski definition) is 3. The summed E-state index contributed by atoms with van der Waals surface area (Å²) >= 11 is 6.30. The molecule has 110 valence electrons. The molecule has 1 aromatic heterocycles. The average molecular weight is 421 g/mol. The molecular weight excluding hydrogens is 413 g/mol. The van der Waals surface area contributed by atoms with Crippen LogP contribution in [0.1, 0.15) is 10.4 Å². The molecule has 0 spiro atoms. The summed E-state index contributed by atoms with van der Waals surface area (Å²) in [7, 11) is 0. The number of aromatic nitrogens is 2. The van der Waals surface area contributed by atoms with Gasteiger partial charge in [0.2, 0.25) is 5.91 Å². The highest BCUT2D eigenvalue weighted by molar-refractivity contribution is 9.11. The molecule has 9 heteroatoms. The highest BCUT2D eigenvalue weighted by Gasteiger charge is 2.13. The Morgan fingerprint density at radius 2 is 1.95 bits per heavy atom. The number of halogens is 3. The van der Waals surface area contributed by atoms with E-state index in [2.05, 4.69) is 42.3 Å². The number of carboxylic acids is 1. The van der Waals surface area contributed by atoms with Crippen LogP contribution in [-0.2, 0) is 11.3 Å². The van der Waals surface area contributed by atoms with Crippen LogP contribution < -0.4 is 5.32 Å². The minimum absolute atomic E-state index is 0.00746. The van der Waals surface area contributed by atoms with Gasteiger partial charge >= 0.3 is 5.97 Å². The van der Waals surface area contributed by atoms with Crippen LogP contribution in [0.5, 0.6) is 0 Å². The fraction of sp³-hybridized carbons (Fsp3) is 0.0833. The van der Waals surface area contributed by atoms with E-state index in [0.717, 1.165) is 6.20 Å². The molecule has 1 amide bonds. The van der Waals surface area contributed by atoms with E-state index in [4.69, 9.17) is 5.11 Å². The fourth-order valence-corrected chi connectivity index (χ4v) is 2.88. The largest absolute Gasteiger partial charge is 0.478 e. The number of hydrogen-bond donors (Lipinski definition) is 2. The maximum atomic E-state index is 13.1. The number of amides is 1. The van der Waals surface area contributed by atoms with E-state index in [1.165, 1.54) is 23.0 Å². The first-order valence-electron chi connectivity index (χ1n) is 5.57. The van der Waals surface area contributed by atoms with Gasteiger partial charge in [-0.05, 0) is 44.0 Å². The zero-order valence-corrected chi connectivity index (χ0v) is 13.5. The van der Waals surface area contributed by atoms with E-state index in [9.17, 15) is 14.0 Å². The third-order valence-electron chi connectivity index (χ3n) is 2.46. The van der Waals surface area contributed by atoms with Crippen molar-refractivity contribution in [3.05, 3.63) is 44.9 Å². The van der Waals surface area contributed by atoms with Gasteiger partial charge in [-0.25, -0.2) is 9.18 Å². The lowest BCUT2D eigenvalue weighted by Gasteiger charge is -2.10. The lowest BCUT2D eigenvalue weighted by atomic mass is 10.3. The van der Waals surface area contributed by atoms with Crippen molar-refractivity contribution in [2.75, 3.05) is 5.32 Å². The molecule has 0 radical (unpaired) electrons. The Bertz CT molecular complexity index is 695. The van der Waals surface area contributed by atoms with Gasteiger partial charge in [0.15, 0.2) is 0 Å². The molecule has 0 saturated heterocycles. The number of aromatic carboxylic acids is 1. The molecule has 0 unspecified atom stereocenters. The average Bonchev–Trinajstić information content (AvgIpc) is 2.82. The Morgan fingerprint density at radius 3 is 2.48 bits per heavy atom. The second kappa shape index (κ2) is 6.35. The third-order valence-corrected chi connectivity index (χ3v) is 3.71. The highest BCUT2D eigenvalue weighted by atomic mass is 79.9. The van der Waals surface area contributed by atoms with E-state index >= 15 is 0 Å². The number of benzene rings is 1. The molecule has 6 nitrogen and oxygen atoms in total. The van der Waals surface area contributed by atoms with Crippen molar-refractivity contribution < 1.29 is 19.1 Å². The summed E-state index contributed by atoms with van der Waals surface area (Å²) in [6.07, 6.45) is 2.40. The Morgan fingerprint density at radius 1 is 1.33 bits per heavy atom. The minimum Gasteiger partial charge on any atom is -0.478 e. The summed E-state index contributed by atoms with van der Waals surface area (Å²) in [6.45, 7) is -0.163. The molecular formula is C12H8Br2FN3O3. The number of carboxylic acid groups (broad SMARTS) is 1. The van der Waals surface area contributed by atoms with Crippen molar-refractivity contribution in [1.82, 2.24) is 9.78 Å². The van der Waals surface area contributed by atoms with Crippen molar-refractivity contribution >= 4 is 49.4 Å². The Balaban J connectivity index is 2.10. The molecule has 2 N–H and O–H groups in total. The number of carbonyl (C=O) groups is 2. The van der Waals surface area contributed by atoms with Crippen molar-refractivity contribution in [2.24, 2.45) is 0 Å². The molecule has 1 aromatic carbocycles. The second-order valence-electron chi connectivity index (χ2n) is 4.02. The topological polar surface area (TPSA) is 84.2 Å². The smallest absolute Gasteiger partial charge is 0.338 e. The highest BCUT2D eigenvalue weighted by Crippen LogP contribution is 2.31. The van der Waals surface area contributed by atoms with Gasteiger partial charge in [-0.3, -0.25) is 9.48 Å². The summed E-state index contributed by atoms with van der Waals surface area (Å²) < 4.78 is 15.1. The van der Waals surface area contributed by atoms with Gasteiger partial charge in [0.1, 0.15) is 12.4 Å². The molecule has 1 heterocycles. The van der Waals surface area contributed by atoms with Gasteiger partial charge in [0.05, 0.1) is 17.4 Å². The summed E-state index contributed by atoms with van der Waals surface area (Å²) in [6, 6.07) is 2.44. The van der Waals surface area contributed by atoms with Gasteiger partial charge in [0.25, 0.3) is 0 Å². The number of carbonyl (C=O) groups excluding carboxylic acids is 1. The van der Waals surface area contributed by atoms with Crippen molar-refractivity contribution in [1.29, 1.82) is 0 Å². The Hall–Kier alpha value is -1.74. The zero-order valence-electron chi connectivity index (χ0n) is 10.3. The predicted octanol–water partition coefficient (Wildman–Crippen LogP) is 2.88. The monoisotopic (exact) mass is 419 g/mol. The summed E-state index contributed by atoms with van der Waals surface area (Å²) in [5.74, 6) is -2.00. The minimum atomic E-state index is -1.12. The van der Waals surface area contributed by atoms with E-state index in [1.807, 2.05) is 0 Å². The Kier molecular flexibility index (Phi) is 4.73. The van der Waals surface area contributed by atoms with Gasteiger partial charge < -0.3 is 10.4 Å². The molecule has 0 bridgehead atoms. The van der Waals surface area contributed by atoms with E-state index in [1.54, 1.807) is 0 Å². The van der Waals surface area contributed by atoms with Crippen LogP contribution in [0, 0.1) is 5.82 Å². The summed E-state index contributed by atoms with van der Waals surface area (Å²) in [4.78, 5) is 22.6. The van der Waals surface area contributed by atoms with Crippen LogP contribution in [0.3, 0.4) is 0 Å². The lowest BCUT2D eigenvalue weighted by Crippen LogP contribution is -2.19. The SMILES string of the molecule is O=C(Cn1cc(C(=O)O)cn1)Nc1c(Br)cc(F)cc1Br. The molecule has 0 aliphatic carbocycles. The zero-order chi connectivity index (χ0) is 15.6. The van der Waals surface area contributed by atoms with E-state index in [0.29, 0.717) is 14.6 Å². The first-order valence-corrected chi connectivity index (χ1v) is 7.15. The number of nitrogens with one attached hydrogen (secondary N) is 1. The van der Waals surface area contributed by atoms with Crippen LogP contribution in [0.25, 0.3) is 0 Å². The van der Waals surface area contributed by atoms with Gasteiger partial charge in [0, 0.05) is 15.1 Å². The predicted molar refractivity (Wildman–Crippen MR) is 79.6 cm³/mol. The fourth-order valence-electron chi connectivity index (χ4n) is 1.55. The molecule has 0 saturated carbocycles. The third kappa shape index (κ3) is 3.88. The normalized spacial score (nSPS) is 10.4. The van der Waals surface area contributed by atoms with E-state index < -0.39 is 17.7 Å². The van der Waals surface area contributed by atoms with Crippen molar-refractivity contribution in [3.63, 3.8) is 0 Å². The molecule has 21 heavy (non-hydrogen) atoms.